The van der Waals surface area contributed by atoms with Crippen molar-refractivity contribution in [2.24, 2.45) is 0 Å². The predicted molar refractivity (Wildman–Crippen MR) is 83.2 cm³/mol. The Kier molecular flexibility index (Phi) is 4.36. The summed E-state index contributed by atoms with van der Waals surface area (Å²) < 4.78 is 4.90. The molecule has 2 amide bonds. The Morgan fingerprint density at radius 1 is 1.17 bits per heavy atom. The van der Waals surface area contributed by atoms with E-state index in [2.05, 4.69) is 15.5 Å². The lowest BCUT2D eigenvalue weighted by Gasteiger charge is -2.26. The maximum atomic E-state index is 12.4. The summed E-state index contributed by atoms with van der Waals surface area (Å²) in [6.45, 7) is 3.23. The second kappa shape index (κ2) is 6.60. The number of nitrogens with zero attached hydrogens (tertiary/aromatic N) is 3. The van der Waals surface area contributed by atoms with E-state index in [0.717, 1.165) is 32.4 Å². The predicted octanol–water partition coefficient (Wildman–Crippen LogP) is 2.26. The van der Waals surface area contributed by atoms with Gasteiger partial charge < -0.3 is 14.7 Å². The van der Waals surface area contributed by atoms with E-state index in [1.807, 2.05) is 0 Å². The zero-order valence-corrected chi connectivity index (χ0v) is 12.9. The number of nitrogens with one attached hydrogen (secondary N) is 1. The van der Waals surface area contributed by atoms with Gasteiger partial charge in [0.05, 0.1) is 0 Å². The smallest absolute Gasteiger partial charge is 0.275 e. The molecule has 0 spiro atoms. The number of carbonyl (C=O) groups is 2. The molecule has 23 heavy (non-hydrogen) atoms. The van der Waals surface area contributed by atoms with Crippen LogP contribution in [0.5, 0.6) is 0 Å². The minimum atomic E-state index is -0.424. The van der Waals surface area contributed by atoms with Crippen molar-refractivity contribution in [1.29, 1.82) is 0 Å². The first-order valence-corrected chi connectivity index (χ1v) is 7.64. The zero-order chi connectivity index (χ0) is 16.2. The third kappa shape index (κ3) is 3.56. The number of hydrogen-bond acceptors (Lipinski definition) is 5. The summed E-state index contributed by atoms with van der Waals surface area (Å²) in [6, 6.07) is 6.47. The van der Waals surface area contributed by atoms with Crippen LogP contribution in [0.2, 0.25) is 0 Å². The molecule has 2 aromatic heterocycles. The van der Waals surface area contributed by atoms with E-state index in [-0.39, 0.29) is 17.3 Å². The van der Waals surface area contributed by atoms with Gasteiger partial charge in [0.25, 0.3) is 11.8 Å². The lowest BCUT2D eigenvalue weighted by atomic mass is 10.1. The molecule has 3 heterocycles. The molecule has 0 aromatic carbocycles. The number of carbonyl (C=O) groups excluding carboxylic acids is 2. The quantitative estimate of drug-likeness (QED) is 0.938. The number of rotatable bonds is 3. The van der Waals surface area contributed by atoms with Gasteiger partial charge in [-0.1, -0.05) is 11.2 Å². The highest BCUT2D eigenvalue weighted by Gasteiger charge is 2.20. The van der Waals surface area contributed by atoms with Gasteiger partial charge in [-0.05, 0) is 38.3 Å². The Labute approximate surface area is 133 Å². The molecule has 0 saturated carbocycles. The first kappa shape index (κ1) is 15.2. The van der Waals surface area contributed by atoms with Crippen LogP contribution in [0, 0.1) is 6.92 Å². The molecule has 2 aromatic rings. The van der Waals surface area contributed by atoms with E-state index in [1.165, 1.54) is 0 Å². The van der Waals surface area contributed by atoms with Crippen molar-refractivity contribution in [1.82, 2.24) is 15.0 Å². The molecule has 1 aliphatic rings. The Morgan fingerprint density at radius 2 is 1.91 bits per heavy atom. The van der Waals surface area contributed by atoms with Crippen LogP contribution in [0.3, 0.4) is 0 Å². The van der Waals surface area contributed by atoms with E-state index < -0.39 is 5.91 Å². The molecule has 7 heteroatoms. The van der Waals surface area contributed by atoms with Crippen molar-refractivity contribution < 1.29 is 14.1 Å². The molecule has 7 nitrogen and oxygen atoms in total. The third-order valence-electron chi connectivity index (χ3n) is 3.71. The molecule has 3 rings (SSSR count). The topological polar surface area (TPSA) is 88.3 Å². The minimum absolute atomic E-state index is 0.128. The van der Waals surface area contributed by atoms with Crippen LogP contribution >= 0.6 is 0 Å². The number of anilines is 1. The SMILES string of the molecule is Cc1cc(NC(=O)c2cccc(C(=O)N3CCCCC3)n2)no1. The molecule has 120 valence electrons. The molecule has 0 unspecified atom stereocenters. The van der Waals surface area contributed by atoms with E-state index in [1.54, 1.807) is 36.1 Å². The van der Waals surface area contributed by atoms with E-state index in [0.29, 0.717) is 11.6 Å². The highest BCUT2D eigenvalue weighted by atomic mass is 16.5. The number of hydrogen-bond donors (Lipinski definition) is 1. The van der Waals surface area contributed by atoms with Gasteiger partial charge in [0.15, 0.2) is 5.82 Å². The number of pyridine rings is 1. The largest absolute Gasteiger partial charge is 0.360 e. The first-order valence-electron chi connectivity index (χ1n) is 7.64. The number of aryl methyl sites for hydroxylation is 1. The molecule has 1 saturated heterocycles. The minimum Gasteiger partial charge on any atom is -0.360 e. The van der Waals surface area contributed by atoms with Crippen molar-refractivity contribution in [2.45, 2.75) is 26.2 Å². The van der Waals surface area contributed by atoms with Gasteiger partial charge >= 0.3 is 0 Å². The lowest BCUT2D eigenvalue weighted by Crippen LogP contribution is -2.36. The summed E-state index contributed by atoms with van der Waals surface area (Å²) in [5, 5.41) is 6.30. The van der Waals surface area contributed by atoms with Crippen molar-refractivity contribution in [3.05, 3.63) is 41.4 Å². The summed E-state index contributed by atoms with van der Waals surface area (Å²) in [7, 11) is 0. The van der Waals surface area contributed by atoms with E-state index in [9.17, 15) is 9.59 Å². The van der Waals surface area contributed by atoms with Crippen molar-refractivity contribution in [3.8, 4) is 0 Å². The van der Waals surface area contributed by atoms with Crippen molar-refractivity contribution >= 4 is 17.6 Å². The van der Waals surface area contributed by atoms with Crippen LogP contribution in [0.15, 0.2) is 28.8 Å². The lowest BCUT2D eigenvalue weighted by molar-refractivity contribution is 0.0718. The fraction of sp³-hybridized carbons (Fsp3) is 0.375. The Balaban J connectivity index is 1.73. The fourth-order valence-electron chi connectivity index (χ4n) is 2.54. The Morgan fingerprint density at radius 3 is 2.61 bits per heavy atom. The zero-order valence-electron chi connectivity index (χ0n) is 12.9. The maximum Gasteiger partial charge on any atom is 0.275 e. The summed E-state index contributed by atoms with van der Waals surface area (Å²) in [4.78, 5) is 30.6. The highest BCUT2D eigenvalue weighted by molar-refractivity contribution is 6.03. The van der Waals surface area contributed by atoms with Crippen LogP contribution in [0.25, 0.3) is 0 Å². The monoisotopic (exact) mass is 314 g/mol. The van der Waals surface area contributed by atoms with Gasteiger partial charge in [-0.2, -0.15) is 0 Å². The molecule has 1 fully saturated rings. The molecule has 0 aliphatic carbocycles. The molecular weight excluding hydrogens is 296 g/mol. The second-order valence-corrected chi connectivity index (χ2v) is 5.54. The van der Waals surface area contributed by atoms with Crippen molar-refractivity contribution in [3.63, 3.8) is 0 Å². The first-order chi connectivity index (χ1) is 11.1. The van der Waals surface area contributed by atoms with Gasteiger partial charge in [-0.3, -0.25) is 9.59 Å². The number of amides is 2. The summed E-state index contributed by atoms with van der Waals surface area (Å²) in [5.74, 6) is 0.368. The third-order valence-corrected chi connectivity index (χ3v) is 3.71. The van der Waals surface area contributed by atoms with Crippen LogP contribution in [-0.2, 0) is 0 Å². The number of piperidine rings is 1. The van der Waals surface area contributed by atoms with Gasteiger partial charge in [-0.25, -0.2) is 4.98 Å². The van der Waals surface area contributed by atoms with E-state index >= 15 is 0 Å². The standard InChI is InChI=1S/C16H18N4O3/c1-11-10-14(19-23-11)18-15(21)12-6-5-7-13(17-12)16(22)20-8-3-2-4-9-20/h5-7,10H,2-4,8-9H2,1H3,(H,18,19,21). The Bertz CT molecular complexity index is 720. The molecule has 0 bridgehead atoms. The highest BCUT2D eigenvalue weighted by Crippen LogP contribution is 2.13. The Hall–Kier alpha value is -2.70. The molecular formula is C16H18N4O3. The normalized spacial score (nSPS) is 14.6. The maximum absolute atomic E-state index is 12.4. The average Bonchev–Trinajstić information content (AvgIpc) is 3.00. The second-order valence-electron chi connectivity index (χ2n) is 5.54. The summed E-state index contributed by atoms with van der Waals surface area (Å²) in [5.41, 5.74) is 0.462. The van der Waals surface area contributed by atoms with Gasteiger partial charge in [0.1, 0.15) is 17.1 Å². The molecule has 0 radical (unpaired) electrons. The molecule has 0 atom stereocenters. The van der Waals surface area contributed by atoms with Gasteiger partial charge in [0.2, 0.25) is 0 Å². The van der Waals surface area contributed by atoms with Crippen LogP contribution < -0.4 is 5.32 Å². The molecule has 1 N–H and O–H groups in total. The number of aromatic nitrogens is 2. The number of likely N-dealkylation sites (tertiary alicyclic amines) is 1. The van der Waals surface area contributed by atoms with Crippen LogP contribution in [-0.4, -0.2) is 39.9 Å². The average molecular weight is 314 g/mol. The molecule has 1 aliphatic heterocycles. The fourth-order valence-corrected chi connectivity index (χ4v) is 2.54. The van der Waals surface area contributed by atoms with Crippen molar-refractivity contribution in [2.75, 3.05) is 18.4 Å². The summed E-state index contributed by atoms with van der Waals surface area (Å²) >= 11 is 0. The summed E-state index contributed by atoms with van der Waals surface area (Å²) in [6.07, 6.45) is 3.17. The van der Waals surface area contributed by atoms with Crippen LogP contribution in [0.4, 0.5) is 5.82 Å². The van der Waals surface area contributed by atoms with E-state index in [4.69, 9.17) is 4.52 Å². The van der Waals surface area contributed by atoms with Crippen LogP contribution in [0.1, 0.15) is 46.0 Å². The van der Waals surface area contributed by atoms with Gasteiger partial charge in [0, 0.05) is 19.2 Å². The van der Waals surface area contributed by atoms with Gasteiger partial charge in [-0.15, -0.1) is 0 Å².